The summed E-state index contributed by atoms with van der Waals surface area (Å²) in [5, 5.41) is 13.8. The zero-order valence-electron chi connectivity index (χ0n) is 12.7. The Balaban J connectivity index is 1.73. The summed E-state index contributed by atoms with van der Waals surface area (Å²) in [5.74, 6) is 0.553. The highest BCUT2D eigenvalue weighted by molar-refractivity contribution is 5.99. The Morgan fingerprint density at radius 1 is 1.22 bits per heavy atom. The molecule has 1 aromatic heterocycles. The molecule has 3 N–H and O–H groups in total. The molecule has 23 heavy (non-hydrogen) atoms. The number of aromatic nitrogens is 1. The van der Waals surface area contributed by atoms with E-state index in [0.29, 0.717) is 23.4 Å². The maximum atomic E-state index is 11.8. The smallest absolute Gasteiger partial charge is 0.343 e. The van der Waals surface area contributed by atoms with Crippen molar-refractivity contribution in [3.8, 4) is 11.3 Å². The number of rotatable bonds is 3. The van der Waals surface area contributed by atoms with Gasteiger partial charge in [0.15, 0.2) is 17.1 Å². The summed E-state index contributed by atoms with van der Waals surface area (Å²) >= 11 is 0. The first-order chi connectivity index (χ1) is 11.1. The van der Waals surface area contributed by atoms with Gasteiger partial charge in [0.25, 0.3) is 0 Å². The number of nitrogens with zero attached hydrogens (tertiary/aromatic N) is 2. The lowest BCUT2D eigenvalue weighted by molar-refractivity contribution is 0.0697. The SMILES string of the molecule is NC1[C@@H]2CC[C@H]1CN(c1noc(-c3ccccc3)c1C(=O)O)C2. The fraction of sp³-hybridized carbons (Fsp3) is 0.412. The van der Waals surface area contributed by atoms with E-state index in [9.17, 15) is 9.90 Å². The molecule has 2 fully saturated rings. The quantitative estimate of drug-likeness (QED) is 0.902. The van der Waals surface area contributed by atoms with Gasteiger partial charge in [0, 0.05) is 24.7 Å². The third-order valence-electron chi connectivity index (χ3n) is 5.13. The van der Waals surface area contributed by atoms with Crippen molar-refractivity contribution in [1.82, 2.24) is 5.16 Å². The van der Waals surface area contributed by atoms with E-state index in [1.807, 2.05) is 35.2 Å². The average Bonchev–Trinajstić information content (AvgIpc) is 3.06. The molecule has 120 valence electrons. The van der Waals surface area contributed by atoms with E-state index in [4.69, 9.17) is 10.3 Å². The first-order valence-electron chi connectivity index (χ1n) is 7.94. The number of anilines is 1. The van der Waals surface area contributed by atoms with E-state index in [1.165, 1.54) is 0 Å². The van der Waals surface area contributed by atoms with Crippen LogP contribution in [-0.4, -0.2) is 35.4 Å². The summed E-state index contributed by atoms with van der Waals surface area (Å²) in [6.07, 6.45) is 2.21. The molecule has 2 aromatic rings. The summed E-state index contributed by atoms with van der Waals surface area (Å²) in [6.45, 7) is 1.50. The van der Waals surface area contributed by atoms with Crippen molar-refractivity contribution in [1.29, 1.82) is 0 Å². The van der Waals surface area contributed by atoms with E-state index < -0.39 is 5.97 Å². The predicted octanol–water partition coefficient (Wildman–Crippen LogP) is 2.21. The van der Waals surface area contributed by atoms with Crippen molar-refractivity contribution < 1.29 is 14.4 Å². The van der Waals surface area contributed by atoms with Crippen molar-refractivity contribution in [3.63, 3.8) is 0 Å². The van der Waals surface area contributed by atoms with Crippen LogP contribution in [0.25, 0.3) is 11.3 Å². The second kappa shape index (κ2) is 5.38. The molecule has 2 bridgehead atoms. The Hall–Kier alpha value is -2.34. The summed E-state index contributed by atoms with van der Waals surface area (Å²) in [5.41, 5.74) is 7.10. The van der Waals surface area contributed by atoms with Crippen molar-refractivity contribution in [2.75, 3.05) is 18.0 Å². The van der Waals surface area contributed by atoms with Crippen molar-refractivity contribution in [3.05, 3.63) is 35.9 Å². The lowest BCUT2D eigenvalue weighted by atomic mass is 9.93. The number of benzene rings is 1. The first kappa shape index (κ1) is 14.3. The van der Waals surface area contributed by atoms with Gasteiger partial charge in [-0.1, -0.05) is 35.5 Å². The summed E-state index contributed by atoms with van der Waals surface area (Å²) < 4.78 is 5.41. The fourth-order valence-electron chi connectivity index (χ4n) is 3.91. The van der Waals surface area contributed by atoms with Gasteiger partial charge < -0.3 is 20.3 Å². The van der Waals surface area contributed by atoms with Crippen LogP contribution in [0.5, 0.6) is 0 Å². The number of piperidine rings is 1. The van der Waals surface area contributed by atoms with Gasteiger partial charge >= 0.3 is 5.97 Å². The van der Waals surface area contributed by atoms with Crippen LogP contribution in [0.4, 0.5) is 5.82 Å². The van der Waals surface area contributed by atoms with E-state index in [1.54, 1.807) is 0 Å². The highest BCUT2D eigenvalue weighted by atomic mass is 16.5. The number of fused-ring (bicyclic) bond motifs is 2. The number of carboxylic acids is 1. The number of nitrogens with two attached hydrogens (primary N) is 1. The predicted molar refractivity (Wildman–Crippen MR) is 85.3 cm³/mol. The molecule has 1 unspecified atom stereocenters. The molecule has 2 aliphatic rings. The molecule has 6 heteroatoms. The minimum absolute atomic E-state index is 0.145. The van der Waals surface area contributed by atoms with Gasteiger partial charge in [-0.15, -0.1) is 0 Å². The molecular weight excluding hydrogens is 294 g/mol. The van der Waals surface area contributed by atoms with Crippen LogP contribution >= 0.6 is 0 Å². The summed E-state index contributed by atoms with van der Waals surface area (Å²) in [4.78, 5) is 13.8. The van der Waals surface area contributed by atoms with Crippen molar-refractivity contribution >= 4 is 11.8 Å². The first-order valence-corrected chi connectivity index (χ1v) is 7.94. The van der Waals surface area contributed by atoms with Gasteiger partial charge in [-0.2, -0.15) is 0 Å². The maximum absolute atomic E-state index is 11.8. The minimum atomic E-state index is -1.01. The van der Waals surface area contributed by atoms with Gasteiger partial charge in [0.05, 0.1) is 0 Å². The highest BCUT2D eigenvalue weighted by Gasteiger charge is 2.42. The van der Waals surface area contributed by atoms with Gasteiger partial charge in [0.1, 0.15) is 0 Å². The third-order valence-corrected chi connectivity index (χ3v) is 5.13. The van der Waals surface area contributed by atoms with E-state index in [2.05, 4.69) is 5.16 Å². The number of hydrogen-bond donors (Lipinski definition) is 2. The Labute approximate surface area is 133 Å². The van der Waals surface area contributed by atoms with Crippen LogP contribution in [0.15, 0.2) is 34.9 Å². The molecule has 6 nitrogen and oxygen atoms in total. The second-order valence-corrected chi connectivity index (χ2v) is 6.46. The molecule has 3 atom stereocenters. The number of carboxylic acid groups (broad SMARTS) is 1. The highest BCUT2D eigenvalue weighted by Crippen LogP contribution is 2.39. The van der Waals surface area contributed by atoms with Crippen LogP contribution in [0.1, 0.15) is 23.2 Å². The molecule has 4 rings (SSSR count). The van der Waals surface area contributed by atoms with Crippen LogP contribution in [0.3, 0.4) is 0 Å². The van der Waals surface area contributed by atoms with Gasteiger partial charge in [-0.3, -0.25) is 0 Å². The monoisotopic (exact) mass is 313 g/mol. The van der Waals surface area contributed by atoms with E-state index in [-0.39, 0.29) is 11.6 Å². The Kier molecular flexibility index (Phi) is 3.34. The molecule has 0 amide bonds. The summed E-state index contributed by atoms with van der Waals surface area (Å²) in [6, 6.07) is 9.46. The van der Waals surface area contributed by atoms with Crippen LogP contribution < -0.4 is 10.6 Å². The molecule has 1 aromatic carbocycles. The Morgan fingerprint density at radius 3 is 2.48 bits per heavy atom. The van der Waals surface area contributed by atoms with Gasteiger partial charge in [-0.25, -0.2) is 4.79 Å². The second-order valence-electron chi connectivity index (χ2n) is 6.46. The van der Waals surface area contributed by atoms with Crippen LogP contribution in [0, 0.1) is 11.8 Å². The topological polar surface area (TPSA) is 92.6 Å². The summed E-state index contributed by atoms with van der Waals surface area (Å²) in [7, 11) is 0. The molecule has 1 aliphatic carbocycles. The maximum Gasteiger partial charge on any atom is 0.343 e. The van der Waals surface area contributed by atoms with Crippen LogP contribution in [-0.2, 0) is 0 Å². The fourth-order valence-corrected chi connectivity index (χ4v) is 3.91. The molecule has 0 radical (unpaired) electrons. The van der Waals surface area contributed by atoms with E-state index in [0.717, 1.165) is 31.5 Å². The van der Waals surface area contributed by atoms with E-state index >= 15 is 0 Å². The standard InChI is InChI=1S/C17H19N3O3/c18-14-11-6-7-12(14)9-20(8-11)16-13(17(21)22)15(23-19-16)10-4-2-1-3-5-10/h1-5,11-12,14H,6-9,18H2,(H,21,22)/t11-,12+,14?. The average molecular weight is 313 g/mol. The molecule has 1 saturated carbocycles. The molecule has 1 aliphatic heterocycles. The normalized spacial score (nSPS) is 26.5. The lowest BCUT2D eigenvalue weighted by Crippen LogP contribution is -2.49. The van der Waals surface area contributed by atoms with Crippen molar-refractivity contribution in [2.45, 2.75) is 18.9 Å². The number of carbonyl (C=O) groups is 1. The Bertz CT molecular complexity index is 714. The van der Waals surface area contributed by atoms with Gasteiger partial charge in [-0.05, 0) is 24.7 Å². The van der Waals surface area contributed by atoms with Crippen LogP contribution in [0.2, 0.25) is 0 Å². The zero-order valence-corrected chi connectivity index (χ0v) is 12.7. The lowest BCUT2D eigenvalue weighted by Gasteiger charge is -2.36. The number of aromatic carboxylic acids is 1. The molecular formula is C17H19N3O3. The van der Waals surface area contributed by atoms with Gasteiger partial charge in [0.2, 0.25) is 0 Å². The largest absolute Gasteiger partial charge is 0.477 e. The van der Waals surface area contributed by atoms with Crippen molar-refractivity contribution in [2.24, 2.45) is 17.6 Å². The number of hydrogen-bond acceptors (Lipinski definition) is 5. The third kappa shape index (κ3) is 2.30. The zero-order chi connectivity index (χ0) is 16.0. The molecule has 1 saturated heterocycles. The minimum Gasteiger partial charge on any atom is -0.477 e. The Morgan fingerprint density at radius 2 is 1.87 bits per heavy atom. The molecule has 2 heterocycles. The molecule has 0 spiro atoms.